The van der Waals surface area contributed by atoms with Gasteiger partial charge in [-0.2, -0.15) is 0 Å². The molecule has 4 aliphatic heterocycles. The predicted molar refractivity (Wildman–Crippen MR) is 471 cm³/mol. The van der Waals surface area contributed by atoms with Crippen LogP contribution >= 0.6 is 69.6 Å². The van der Waals surface area contributed by atoms with Crippen LogP contribution < -0.4 is 15.4 Å². The molecule has 0 aliphatic carbocycles. The Bertz CT molecular complexity index is 5170. The van der Waals surface area contributed by atoms with Crippen LogP contribution in [0.25, 0.3) is 0 Å². The number of methoxy groups -OCH3 is 4. The van der Waals surface area contributed by atoms with Crippen LogP contribution in [0.5, 0.6) is 5.75 Å². The largest absolute Gasteiger partial charge is 0.497 e. The summed E-state index contributed by atoms with van der Waals surface area (Å²) >= 11 is 39.1. The third-order valence-corrected chi connectivity index (χ3v) is 22.4. The maximum absolute atomic E-state index is 15.7. The van der Waals surface area contributed by atoms with Gasteiger partial charge in [-0.05, 0) is 88.5 Å². The first-order chi connectivity index (χ1) is 63.4. The number of halogens is 6. The summed E-state index contributed by atoms with van der Waals surface area (Å²) in [6.45, 7) is -3.08. The lowest BCUT2D eigenvalue weighted by Gasteiger charge is -2.52. The number of alkyl halides is 6. The summed E-state index contributed by atoms with van der Waals surface area (Å²) < 4.78 is 127. The van der Waals surface area contributed by atoms with Crippen molar-refractivity contribution >= 4 is 117 Å². The topological polar surface area (TPSA) is 345 Å². The number of nitrogens with one attached hydrogen (secondary N) is 2. The fourth-order valence-electron chi connectivity index (χ4n) is 14.9. The molecule has 0 spiro atoms. The molecule has 2 N–H and O–H groups in total. The van der Waals surface area contributed by atoms with E-state index in [1.807, 2.05) is 0 Å². The van der Waals surface area contributed by atoms with Gasteiger partial charge in [-0.3, -0.25) is 9.59 Å². The SMILES string of the molecule is COC(=O)[C@H]1O[C@@H](O[C@@H]2[C@@H](NC(=O)C(Cl)(Cl)Cl)[C@H](O[C@H]3[C@H](OCc4ccccc4)[C@@H](OC(=O)c4ccccc4)[C@H](O[C@@H]4[C@@H](NC(=O)C(Cl)(Cl)Cl)[C@H](OC)O[C@H](COC(=O)c5ccccc5)[C@@H]4OCc4ccccc4)O[C@@H]3C(=O)OC)O[C@H](COC(=O)c3ccccc3)[C@@H]2OCc2ccccc2)[C@H](OC(=O)c2ccccc2)[C@@H](OCc2ccccc2)[C@@H]1OCc1ccc(OC)cc1. The molecule has 4 fully saturated rings. The van der Waals surface area contributed by atoms with Gasteiger partial charge in [0.1, 0.15) is 92.1 Å². The van der Waals surface area contributed by atoms with Crippen molar-refractivity contribution in [2.45, 2.75) is 163 Å². The molecule has 0 radical (unpaired) electrons. The summed E-state index contributed by atoms with van der Waals surface area (Å²) in [5.74, 6) is -8.40. The van der Waals surface area contributed by atoms with E-state index in [9.17, 15) is 19.2 Å². The van der Waals surface area contributed by atoms with E-state index in [4.69, 9.17) is 164 Å². The van der Waals surface area contributed by atoms with Gasteiger partial charge in [-0.1, -0.05) is 276 Å². The summed E-state index contributed by atoms with van der Waals surface area (Å²) in [6.07, 6.45) is -34.6. The lowest BCUT2D eigenvalue weighted by Crippen LogP contribution is -2.72. The van der Waals surface area contributed by atoms with Crippen LogP contribution in [0.15, 0.2) is 267 Å². The lowest BCUT2D eigenvalue weighted by molar-refractivity contribution is -0.376. The molecule has 131 heavy (non-hydrogen) atoms. The first kappa shape index (κ1) is 98.3. The summed E-state index contributed by atoms with van der Waals surface area (Å²) in [4.78, 5) is 120. The second-order valence-corrected chi connectivity index (χ2v) is 34.6. The zero-order valence-electron chi connectivity index (χ0n) is 70.6. The lowest BCUT2D eigenvalue weighted by atomic mass is 9.93. The monoisotopic (exact) mass is 1920 g/mol. The van der Waals surface area contributed by atoms with Gasteiger partial charge in [0.25, 0.3) is 19.4 Å². The number of esters is 6. The third-order valence-electron chi connectivity index (χ3n) is 21.4. The van der Waals surface area contributed by atoms with Gasteiger partial charge < -0.3 is 105 Å². The van der Waals surface area contributed by atoms with Crippen molar-refractivity contribution in [2.24, 2.45) is 0 Å². The minimum absolute atomic E-state index is 0.00405. The Balaban J connectivity index is 1.00. The standard InChI is InChI=1S/C95H92Cl6N2O28/c1-112-65-47-45-60(46-48-65)53-118-74-75(119-51-58-33-17-7-18-34-58)80(125-84(106)63-41-25-11-26-42-63)90(130-78(74)86(108)113-2)128-73-69(103-93(111)95(99,100)101)89(124-67(55-122-83(105)62-39-23-10-24-40-62)71(73)117-50-57-31-15-6-16-32-57)129-77-76(120-52-59-35-19-8-20-36-59)81(126-85(107)64-43-27-12-28-44-64)91(131-79(77)87(109)114-3)127-72-68(102-92(110)94(96,97)98)88(115-4)123-66(54-121-82(104)61-37-21-9-22-38-61)70(72)116-49-56-29-13-5-14-30-56/h5-48,66-81,88-91H,49-55H2,1-4H3,(H,102,110)(H,103,111)/t66-,67-,68-,69-,70+,71+,72-,73-,74+,75+,76+,77+,78+,79+,80-,81-,88-,89+,90-,91-/m1/s1. The molecule has 36 heteroatoms. The number of hydrogen-bond donors (Lipinski definition) is 2. The fourth-order valence-corrected chi connectivity index (χ4v) is 15.2. The Morgan fingerprint density at radius 3 is 0.931 bits per heavy atom. The first-order valence-corrected chi connectivity index (χ1v) is 43.5. The molecule has 0 aromatic heterocycles. The molecule has 20 atom stereocenters. The van der Waals surface area contributed by atoms with E-state index in [-0.39, 0.29) is 48.7 Å². The number of rotatable bonds is 37. The zero-order chi connectivity index (χ0) is 92.6. The molecule has 13 rings (SSSR count). The van der Waals surface area contributed by atoms with Crippen LogP contribution in [0.2, 0.25) is 0 Å². The highest BCUT2D eigenvalue weighted by Crippen LogP contribution is 2.42. The van der Waals surface area contributed by atoms with E-state index in [0.29, 0.717) is 33.6 Å². The second-order valence-electron chi connectivity index (χ2n) is 30.1. The number of hydrogen-bond acceptors (Lipinski definition) is 28. The molecule has 692 valence electrons. The van der Waals surface area contributed by atoms with Gasteiger partial charge in [0.15, 0.2) is 49.6 Å². The molecule has 0 unspecified atom stereocenters. The van der Waals surface area contributed by atoms with Crippen molar-refractivity contribution in [1.82, 2.24) is 10.6 Å². The summed E-state index contributed by atoms with van der Waals surface area (Å²) in [7, 11) is 4.78. The molecule has 9 aromatic carbocycles. The van der Waals surface area contributed by atoms with Crippen molar-refractivity contribution < 1.29 is 133 Å². The van der Waals surface area contributed by atoms with Crippen molar-refractivity contribution in [3.05, 3.63) is 317 Å². The number of ether oxygens (including phenoxy) is 20. The summed E-state index contributed by atoms with van der Waals surface area (Å²) in [6, 6.07) is 68.7. The van der Waals surface area contributed by atoms with E-state index >= 15 is 19.2 Å². The molecule has 0 saturated carbocycles. The Labute approximate surface area is 783 Å². The highest BCUT2D eigenvalue weighted by atomic mass is 35.6. The Morgan fingerprint density at radius 1 is 0.305 bits per heavy atom. The van der Waals surface area contributed by atoms with Crippen LogP contribution in [0.3, 0.4) is 0 Å². The number of carbonyl (C=O) groups is 8. The third kappa shape index (κ3) is 26.4. The minimum atomic E-state index is -2.94. The number of amides is 2. The molecular formula is C95H92Cl6N2O28. The maximum Gasteiger partial charge on any atom is 0.338 e. The predicted octanol–water partition coefficient (Wildman–Crippen LogP) is 12.8. The number of benzene rings is 9. The summed E-state index contributed by atoms with van der Waals surface area (Å²) in [5.41, 5.74) is 2.75. The van der Waals surface area contributed by atoms with E-state index in [1.54, 1.807) is 218 Å². The van der Waals surface area contributed by atoms with Crippen molar-refractivity contribution in [3.8, 4) is 5.75 Å². The Kier molecular flexibility index (Phi) is 35.6. The van der Waals surface area contributed by atoms with E-state index < -0.39 is 198 Å². The quantitative estimate of drug-likeness (QED) is 0.0207. The van der Waals surface area contributed by atoms with Crippen molar-refractivity contribution in [1.29, 1.82) is 0 Å². The van der Waals surface area contributed by atoms with Gasteiger partial charge in [-0.15, -0.1) is 0 Å². The molecule has 4 saturated heterocycles. The minimum Gasteiger partial charge on any atom is -0.497 e. The van der Waals surface area contributed by atoms with Crippen LogP contribution in [-0.4, -0.2) is 220 Å². The molecule has 4 heterocycles. The molecular weight excluding hydrogens is 1830 g/mol. The molecule has 2 amide bonds. The van der Waals surface area contributed by atoms with Crippen molar-refractivity contribution in [2.75, 3.05) is 41.7 Å². The normalized spacial score (nSPS) is 25.5. The molecule has 4 aliphatic rings. The molecule has 0 bridgehead atoms. The Morgan fingerprint density at radius 2 is 0.595 bits per heavy atom. The van der Waals surface area contributed by atoms with Gasteiger partial charge in [-0.25, -0.2) is 28.8 Å². The smallest absolute Gasteiger partial charge is 0.338 e. The van der Waals surface area contributed by atoms with Gasteiger partial charge in [0, 0.05) is 7.11 Å². The second kappa shape index (κ2) is 47.4. The Hall–Kier alpha value is -10.2. The maximum atomic E-state index is 15.7. The first-order valence-electron chi connectivity index (χ1n) is 41.2. The average molecular weight is 1920 g/mol. The molecule has 30 nitrogen and oxygen atoms in total. The van der Waals surface area contributed by atoms with Crippen LogP contribution in [-0.2, 0) is 142 Å². The van der Waals surface area contributed by atoms with Crippen LogP contribution in [0.4, 0.5) is 0 Å². The number of carbonyl (C=O) groups excluding carboxylic acids is 8. The van der Waals surface area contributed by atoms with E-state index in [2.05, 4.69) is 10.6 Å². The fraction of sp³-hybridized carbons (Fsp3) is 0.347. The molecule has 9 aromatic rings. The van der Waals surface area contributed by atoms with Gasteiger partial charge in [0.2, 0.25) is 0 Å². The summed E-state index contributed by atoms with van der Waals surface area (Å²) in [5, 5.41) is 5.37. The van der Waals surface area contributed by atoms with E-state index in [0.717, 1.165) is 14.2 Å². The van der Waals surface area contributed by atoms with Gasteiger partial charge in [0.05, 0.1) is 76.6 Å². The van der Waals surface area contributed by atoms with E-state index in [1.165, 1.54) is 62.8 Å². The van der Waals surface area contributed by atoms with Crippen LogP contribution in [0.1, 0.15) is 69.2 Å². The average Bonchev–Trinajstić information content (AvgIpc) is 0.755. The zero-order valence-corrected chi connectivity index (χ0v) is 75.1. The highest BCUT2D eigenvalue weighted by molar-refractivity contribution is 6.76. The van der Waals surface area contributed by atoms with Gasteiger partial charge >= 0.3 is 35.8 Å². The highest BCUT2D eigenvalue weighted by Gasteiger charge is 2.62. The van der Waals surface area contributed by atoms with Crippen molar-refractivity contribution in [3.63, 3.8) is 0 Å². The van der Waals surface area contributed by atoms with Crippen LogP contribution in [0, 0.1) is 0 Å².